The van der Waals surface area contributed by atoms with Crippen molar-refractivity contribution in [3.05, 3.63) is 58.9 Å². The molecule has 1 saturated heterocycles. The van der Waals surface area contributed by atoms with Gasteiger partial charge in [0.05, 0.1) is 17.6 Å². The summed E-state index contributed by atoms with van der Waals surface area (Å²) in [4.78, 5) is 20.8. The molecule has 0 amide bonds. The molecule has 1 aliphatic rings. The summed E-state index contributed by atoms with van der Waals surface area (Å²) in [5.41, 5.74) is 1.91. The van der Waals surface area contributed by atoms with Gasteiger partial charge in [-0.15, -0.1) is 0 Å². The molecule has 188 valence electrons. The first-order valence-electron chi connectivity index (χ1n) is 11.7. The predicted molar refractivity (Wildman–Crippen MR) is 137 cm³/mol. The van der Waals surface area contributed by atoms with Crippen LogP contribution in [0.3, 0.4) is 0 Å². The number of aromatic amines is 1. The van der Waals surface area contributed by atoms with Crippen molar-refractivity contribution in [2.24, 2.45) is 7.05 Å². The fourth-order valence-corrected chi connectivity index (χ4v) is 6.13. The molecule has 4 aromatic rings. The largest absolute Gasteiger partial charge is 0.496 e. The van der Waals surface area contributed by atoms with Crippen LogP contribution in [0.25, 0.3) is 33.7 Å². The molecule has 0 bridgehead atoms. The van der Waals surface area contributed by atoms with E-state index in [9.17, 15) is 13.2 Å². The minimum Gasteiger partial charge on any atom is -0.496 e. The standard InChI is InChI=1S/C25H28N6O4S/c1-26-17-11-13-31(14-12-17)36(33,34)18-9-10-19(20(15-18)35-3)23-27-24-21(25(32)28-23)22(29-30(24)2)16-7-5-4-6-8-16/h4-10,15,17,26H,11-14H2,1-3H3,(H,27,28,32). The van der Waals surface area contributed by atoms with Crippen LogP contribution in [0.1, 0.15) is 12.8 Å². The second kappa shape index (κ2) is 9.49. The number of rotatable bonds is 6. The summed E-state index contributed by atoms with van der Waals surface area (Å²) in [6.07, 6.45) is 1.51. The molecule has 2 aromatic heterocycles. The highest BCUT2D eigenvalue weighted by atomic mass is 32.2. The first-order chi connectivity index (χ1) is 17.3. The van der Waals surface area contributed by atoms with Crippen molar-refractivity contribution in [3.63, 3.8) is 0 Å². The quantitative estimate of drug-likeness (QED) is 0.410. The third-order valence-electron chi connectivity index (χ3n) is 6.67. The number of nitrogens with one attached hydrogen (secondary N) is 2. The summed E-state index contributed by atoms with van der Waals surface area (Å²) in [6.45, 7) is 0.904. The molecular weight excluding hydrogens is 480 g/mol. The summed E-state index contributed by atoms with van der Waals surface area (Å²) < 4.78 is 35.2. The lowest BCUT2D eigenvalue weighted by Crippen LogP contribution is -2.43. The minimum atomic E-state index is -3.68. The van der Waals surface area contributed by atoms with Crippen molar-refractivity contribution in [1.82, 2.24) is 29.4 Å². The number of aromatic nitrogens is 4. The first-order valence-corrected chi connectivity index (χ1v) is 13.2. The molecule has 3 heterocycles. The Bertz CT molecular complexity index is 1570. The lowest BCUT2D eigenvalue weighted by molar-refractivity contribution is 0.298. The Morgan fingerprint density at radius 2 is 1.83 bits per heavy atom. The van der Waals surface area contributed by atoms with Crippen LogP contribution in [0, 0.1) is 0 Å². The smallest absolute Gasteiger partial charge is 0.262 e. The fraction of sp³-hybridized carbons (Fsp3) is 0.320. The van der Waals surface area contributed by atoms with Crippen molar-refractivity contribution < 1.29 is 13.2 Å². The van der Waals surface area contributed by atoms with Crippen molar-refractivity contribution in [2.45, 2.75) is 23.8 Å². The highest BCUT2D eigenvalue weighted by Gasteiger charge is 2.30. The third kappa shape index (κ3) is 4.19. The number of aryl methyl sites for hydroxylation is 1. The molecule has 2 aromatic carbocycles. The summed E-state index contributed by atoms with van der Waals surface area (Å²) >= 11 is 0. The molecule has 0 radical (unpaired) electrons. The van der Waals surface area contributed by atoms with Crippen LogP contribution >= 0.6 is 0 Å². The SMILES string of the molecule is CNC1CCN(S(=O)(=O)c2ccc(-c3nc4c(c(-c5ccccc5)nn4C)c(=O)[nH]3)c(OC)c2)CC1. The molecule has 1 aliphatic heterocycles. The van der Waals surface area contributed by atoms with Gasteiger partial charge in [0.2, 0.25) is 10.0 Å². The summed E-state index contributed by atoms with van der Waals surface area (Å²) in [5.74, 6) is 0.569. The average Bonchev–Trinajstić information content (AvgIpc) is 3.25. The van der Waals surface area contributed by atoms with E-state index in [1.54, 1.807) is 17.8 Å². The van der Waals surface area contributed by atoms with Crippen LogP contribution in [-0.2, 0) is 17.1 Å². The monoisotopic (exact) mass is 508 g/mol. The number of fused-ring (bicyclic) bond motifs is 1. The van der Waals surface area contributed by atoms with E-state index >= 15 is 0 Å². The summed E-state index contributed by atoms with van der Waals surface area (Å²) in [5, 5.41) is 8.11. The number of benzene rings is 2. The van der Waals surface area contributed by atoms with Crippen LogP contribution in [-0.4, -0.2) is 65.8 Å². The Hall–Kier alpha value is -3.54. The van der Waals surface area contributed by atoms with E-state index in [-0.39, 0.29) is 16.3 Å². The molecule has 5 rings (SSSR count). The number of sulfonamides is 1. The van der Waals surface area contributed by atoms with Gasteiger partial charge in [0, 0.05) is 37.8 Å². The van der Waals surface area contributed by atoms with E-state index < -0.39 is 10.0 Å². The molecule has 0 spiro atoms. The Kier molecular flexibility index (Phi) is 6.37. The summed E-state index contributed by atoms with van der Waals surface area (Å²) in [7, 11) is 1.40. The average molecular weight is 509 g/mol. The van der Waals surface area contributed by atoms with Crippen LogP contribution in [0.4, 0.5) is 0 Å². The van der Waals surface area contributed by atoms with E-state index in [4.69, 9.17) is 4.74 Å². The normalized spacial score (nSPS) is 15.4. The van der Waals surface area contributed by atoms with Gasteiger partial charge < -0.3 is 15.0 Å². The van der Waals surface area contributed by atoms with Gasteiger partial charge in [-0.05, 0) is 32.0 Å². The van der Waals surface area contributed by atoms with Gasteiger partial charge in [-0.1, -0.05) is 30.3 Å². The van der Waals surface area contributed by atoms with Gasteiger partial charge in [0.15, 0.2) is 5.65 Å². The maximum atomic E-state index is 13.3. The second-order valence-corrected chi connectivity index (χ2v) is 10.7. The second-order valence-electron chi connectivity index (χ2n) is 8.78. The van der Waals surface area contributed by atoms with Gasteiger partial charge in [-0.3, -0.25) is 4.79 Å². The molecule has 0 unspecified atom stereocenters. The lowest BCUT2D eigenvalue weighted by atomic mass is 10.1. The molecule has 0 atom stereocenters. The highest BCUT2D eigenvalue weighted by molar-refractivity contribution is 7.89. The Labute approximate surface area is 209 Å². The van der Waals surface area contributed by atoms with E-state index in [1.165, 1.54) is 23.5 Å². The zero-order valence-electron chi connectivity index (χ0n) is 20.4. The molecule has 1 fully saturated rings. The topological polar surface area (TPSA) is 122 Å². The van der Waals surface area contributed by atoms with E-state index in [2.05, 4.69) is 20.4 Å². The van der Waals surface area contributed by atoms with Gasteiger partial charge >= 0.3 is 0 Å². The number of H-pyrrole nitrogens is 1. The molecule has 0 aliphatic carbocycles. The number of hydrogen-bond donors (Lipinski definition) is 2. The molecule has 0 saturated carbocycles. The maximum absolute atomic E-state index is 13.3. The highest BCUT2D eigenvalue weighted by Crippen LogP contribution is 2.33. The Balaban J connectivity index is 1.54. The van der Waals surface area contributed by atoms with Crippen molar-refractivity contribution in [3.8, 4) is 28.4 Å². The molecule has 36 heavy (non-hydrogen) atoms. The molecular formula is C25H28N6O4S. The minimum absolute atomic E-state index is 0.140. The number of piperidine rings is 1. The first kappa shape index (κ1) is 24.2. The lowest BCUT2D eigenvalue weighted by Gasteiger charge is -2.31. The molecule has 11 heteroatoms. The molecule has 10 nitrogen and oxygen atoms in total. The zero-order chi connectivity index (χ0) is 25.4. The fourth-order valence-electron chi connectivity index (χ4n) is 4.64. The van der Waals surface area contributed by atoms with Crippen LogP contribution in [0.2, 0.25) is 0 Å². The zero-order valence-corrected chi connectivity index (χ0v) is 21.2. The Morgan fingerprint density at radius 3 is 2.50 bits per heavy atom. The van der Waals surface area contributed by atoms with E-state index in [0.717, 1.165) is 18.4 Å². The van der Waals surface area contributed by atoms with Gasteiger partial charge in [0.25, 0.3) is 5.56 Å². The van der Waals surface area contributed by atoms with Gasteiger partial charge in [-0.2, -0.15) is 9.40 Å². The molecule has 2 N–H and O–H groups in total. The van der Waals surface area contributed by atoms with Crippen LogP contribution in [0.5, 0.6) is 5.75 Å². The number of nitrogens with zero attached hydrogens (tertiary/aromatic N) is 4. The van der Waals surface area contributed by atoms with Crippen molar-refractivity contribution in [2.75, 3.05) is 27.2 Å². The number of ether oxygens (including phenoxy) is 1. The van der Waals surface area contributed by atoms with E-state index in [0.29, 0.717) is 47.2 Å². The predicted octanol–water partition coefficient (Wildman–Crippen LogP) is 2.37. The number of hydrogen-bond acceptors (Lipinski definition) is 7. The van der Waals surface area contributed by atoms with Gasteiger partial charge in [-0.25, -0.2) is 18.1 Å². The van der Waals surface area contributed by atoms with Crippen LogP contribution in [0.15, 0.2) is 58.2 Å². The van der Waals surface area contributed by atoms with Crippen LogP contribution < -0.4 is 15.6 Å². The third-order valence-corrected chi connectivity index (χ3v) is 8.56. The van der Waals surface area contributed by atoms with Crippen molar-refractivity contribution in [1.29, 1.82) is 0 Å². The van der Waals surface area contributed by atoms with E-state index in [1.807, 2.05) is 37.4 Å². The number of methoxy groups -OCH3 is 1. The summed E-state index contributed by atoms with van der Waals surface area (Å²) in [6, 6.07) is 14.4. The Morgan fingerprint density at radius 1 is 1.11 bits per heavy atom. The maximum Gasteiger partial charge on any atom is 0.262 e. The van der Waals surface area contributed by atoms with Gasteiger partial charge in [0.1, 0.15) is 22.7 Å². The van der Waals surface area contributed by atoms with Crippen molar-refractivity contribution >= 4 is 21.1 Å².